The molecule has 0 radical (unpaired) electrons. The Morgan fingerprint density at radius 3 is 2.03 bits per heavy atom. The molecule has 0 aromatic heterocycles. The first-order valence-electron chi connectivity index (χ1n) is 10.5. The smallest absolute Gasteiger partial charge is 0.264 e. The standard InChI is InChI=1S/C25H27N3O4S/c1-17(2)26-24(29)20-9-5-7-11-22(20)27-25(30)21-10-6-8-12-23(21)28(4)33(31,32)19-15-13-18(3)14-16-19/h5-17H,1-4H3,(H,26,29)(H,27,30). The fraction of sp³-hybridized carbons (Fsp3) is 0.200. The maximum absolute atomic E-state index is 13.2. The number of anilines is 2. The molecule has 3 aromatic rings. The molecule has 2 N–H and O–H groups in total. The van der Waals surface area contributed by atoms with Crippen LogP contribution in [0.15, 0.2) is 77.7 Å². The van der Waals surface area contributed by atoms with Crippen molar-refractivity contribution < 1.29 is 18.0 Å². The Balaban J connectivity index is 1.93. The summed E-state index contributed by atoms with van der Waals surface area (Å²) in [7, 11) is -2.48. The fourth-order valence-corrected chi connectivity index (χ4v) is 4.47. The molecule has 0 bridgehead atoms. The average Bonchev–Trinajstić information content (AvgIpc) is 2.78. The molecule has 0 aliphatic rings. The van der Waals surface area contributed by atoms with E-state index in [1.54, 1.807) is 60.7 Å². The molecule has 7 nitrogen and oxygen atoms in total. The predicted octanol–water partition coefficient (Wildman–Crippen LogP) is 4.21. The van der Waals surface area contributed by atoms with E-state index >= 15 is 0 Å². The van der Waals surface area contributed by atoms with Crippen molar-refractivity contribution in [3.8, 4) is 0 Å². The number of benzene rings is 3. The van der Waals surface area contributed by atoms with E-state index in [9.17, 15) is 18.0 Å². The average molecular weight is 466 g/mol. The molecular weight excluding hydrogens is 438 g/mol. The van der Waals surface area contributed by atoms with Crippen LogP contribution in [0.3, 0.4) is 0 Å². The number of para-hydroxylation sites is 2. The molecule has 0 heterocycles. The number of sulfonamides is 1. The van der Waals surface area contributed by atoms with Gasteiger partial charge in [0.25, 0.3) is 21.8 Å². The maximum Gasteiger partial charge on any atom is 0.264 e. The van der Waals surface area contributed by atoms with E-state index < -0.39 is 15.9 Å². The number of nitrogens with zero attached hydrogens (tertiary/aromatic N) is 1. The third-order valence-corrected chi connectivity index (χ3v) is 6.79. The van der Waals surface area contributed by atoms with E-state index in [1.165, 1.54) is 19.2 Å². The van der Waals surface area contributed by atoms with Gasteiger partial charge in [0.15, 0.2) is 0 Å². The maximum atomic E-state index is 13.2. The van der Waals surface area contributed by atoms with Gasteiger partial charge >= 0.3 is 0 Å². The van der Waals surface area contributed by atoms with Crippen LogP contribution in [-0.4, -0.2) is 33.3 Å². The lowest BCUT2D eigenvalue weighted by Crippen LogP contribution is -2.31. The summed E-state index contributed by atoms with van der Waals surface area (Å²) in [6, 6.07) is 19.5. The van der Waals surface area contributed by atoms with Crippen molar-refractivity contribution in [1.82, 2.24) is 5.32 Å². The lowest BCUT2D eigenvalue weighted by molar-refractivity contribution is 0.0944. The minimum Gasteiger partial charge on any atom is -0.350 e. The minimum atomic E-state index is -3.88. The van der Waals surface area contributed by atoms with Crippen LogP contribution in [0.2, 0.25) is 0 Å². The number of carbonyl (C=O) groups excluding carboxylic acids is 2. The second-order valence-electron chi connectivity index (χ2n) is 7.93. The molecule has 0 aliphatic carbocycles. The van der Waals surface area contributed by atoms with Crippen LogP contribution in [0.4, 0.5) is 11.4 Å². The highest BCUT2D eigenvalue weighted by molar-refractivity contribution is 7.92. The third kappa shape index (κ3) is 5.40. The first-order chi connectivity index (χ1) is 15.6. The summed E-state index contributed by atoms with van der Waals surface area (Å²) >= 11 is 0. The monoisotopic (exact) mass is 465 g/mol. The molecule has 172 valence electrons. The van der Waals surface area contributed by atoms with Gasteiger partial charge < -0.3 is 10.6 Å². The zero-order chi connectivity index (χ0) is 24.2. The van der Waals surface area contributed by atoms with Crippen LogP contribution < -0.4 is 14.9 Å². The highest BCUT2D eigenvalue weighted by atomic mass is 32.2. The first kappa shape index (κ1) is 24.0. The van der Waals surface area contributed by atoms with Crippen LogP contribution >= 0.6 is 0 Å². The van der Waals surface area contributed by atoms with Crippen LogP contribution in [-0.2, 0) is 10.0 Å². The van der Waals surface area contributed by atoms with E-state index in [-0.39, 0.29) is 28.1 Å². The van der Waals surface area contributed by atoms with Crippen LogP contribution in [0, 0.1) is 6.92 Å². The molecule has 0 saturated heterocycles. The number of hydrogen-bond donors (Lipinski definition) is 2. The Morgan fingerprint density at radius 1 is 0.818 bits per heavy atom. The Kier molecular flexibility index (Phi) is 7.18. The summed E-state index contributed by atoms with van der Waals surface area (Å²) in [5.41, 5.74) is 1.98. The molecule has 0 unspecified atom stereocenters. The minimum absolute atomic E-state index is 0.0670. The number of amides is 2. The summed E-state index contributed by atoms with van der Waals surface area (Å²) in [4.78, 5) is 25.8. The van der Waals surface area contributed by atoms with Gasteiger partial charge in [0.05, 0.1) is 27.4 Å². The molecule has 2 amide bonds. The second-order valence-corrected chi connectivity index (χ2v) is 9.90. The fourth-order valence-electron chi connectivity index (χ4n) is 3.26. The van der Waals surface area contributed by atoms with E-state index in [1.807, 2.05) is 20.8 Å². The van der Waals surface area contributed by atoms with Gasteiger partial charge in [-0.1, -0.05) is 42.0 Å². The Labute approximate surface area is 194 Å². The quantitative estimate of drug-likeness (QED) is 0.546. The van der Waals surface area contributed by atoms with Gasteiger partial charge in [0.1, 0.15) is 0 Å². The molecule has 0 saturated carbocycles. The van der Waals surface area contributed by atoms with Crippen LogP contribution in [0.25, 0.3) is 0 Å². The zero-order valence-corrected chi connectivity index (χ0v) is 19.8. The molecule has 3 rings (SSSR count). The van der Waals surface area contributed by atoms with Gasteiger partial charge in [-0.15, -0.1) is 0 Å². The van der Waals surface area contributed by atoms with Gasteiger partial charge in [-0.05, 0) is 57.2 Å². The summed E-state index contributed by atoms with van der Waals surface area (Å²) in [5.74, 6) is -0.838. The molecule has 8 heteroatoms. The molecule has 0 fully saturated rings. The molecule has 3 aromatic carbocycles. The highest BCUT2D eigenvalue weighted by Crippen LogP contribution is 2.27. The number of nitrogens with one attached hydrogen (secondary N) is 2. The zero-order valence-electron chi connectivity index (χ0n) is 19.0. The van der Waals surface area contributed by atoms with Gasteiger partial charge in [-0.2, -0.15) is 0 Å². The molecule has 33 heavy (non-hydrogen) atoms. The van der Waals surface area contributed by atoms with Crippen molar-refractivity contribution in [2.24, 2.45) is 0 Å². The first-order valence-corrected chi connectivity index (χ1v) is 11.9. The molecule has 0 atom stereocenters. The largest absolute Gasteiger partial charge is 0.350 e. The van der Waals surface area contributed by atoms with Gasteiger partial charge in [-0.3, -0.25) is 13.9 Å². The van der Waals surface area contributed by atoms with Gasteiger partial charge in [0, 0.05) is 13.1 Å². The summed E-state index contributed by atoms with van der Waals surface area (Å²) < 4.78 is 27.4. The lowest BCUT2D eigenvalue weighted by Gasteiger charge is -2.22. The molecular formula is C25H27N3O4S. The third-order valence-electron chi connectivity index (χ3n) is 5.01. The van der Waals surface area contributed by atoms with Crippen molar-refractivity contribution in [1.29, 1.82) is 0 Å². The Hall–Kier alpha value is -3.65. The topological polar surface area (TPSA) is 95.6 Å². The Bertz CT molecular complexity index is 1270. The van der Waals surface area contributed by atoms with E-state index in [0.29, 0.717) is 11.3 Å². The number of carbonyl (C=O) groups is 2. The van der Waals surface area contributed by atoms with E-state index in [2.05, 4.69) is 10.6 Å². The van der Waals surface area contributed by atoms with Crippen LogP contribution in [0.5, 0.6) is 0 Å². The van der Waals surface area contributed by atoms with Crippen molar-refractivity contribution in [2.75, 3.05) is 16.7 Å². The SMILES string of the molecule is Cc1ccc(S(=O)(=O)N(C)c2ccccc2C(=O)Nc2ccccc2C(=O)NC(C)C)cc1. The number of rotatable bonds is 7. The van der Waals surface area contributed by atoms with E-state index in [0.717, 1.165) is 9.87 Å². The van der Waals surface area contributed by atoms with Crippen molar-refractivity contribution in [2.45, 2.75) is 31.7 Å². The van der Waals surface area contributed by atoms with Crippen molar-refractivity contribution >= 4 is 33.2 Å². The summed E-state index contributed by atoms with van der Waals surface area (Å²) in [6.45, 7) is 5.57. The lowest BCUT2D eigenvalue weighted by atomic mass is 10.1. The van der Waals surface area contributed by atoms with Gasteiger partial charge in [0.2, 0.25) is 0 Å². The van der Waals surface area contributed by atoms with Crippen molar-refractivity contribution in [3.05, 3.63) is 89.5 Å². The molecule has 0 aliphatic heterocycles. The van der Waals surface area contributed by atoms with Crippen molar-refractivity contribution in [3.63, 3.8) is 0 Å². The molecule has 0 spiro atoms. The number of aryl methyl sites for hydroxylation is 1. The normalized spacial score (nSPS) is 11.2. The highest BCUT2D eigenvalue weighted by Gasteiger charge is 2.25. The number of hydrogen-bond acceptors (Lipinski definition) is 4. The summed E-state index contributed by atoms with van der Waals surface area (Å²) in [6.07, 6.45) is 0. The Morgan fingerprint density at radius 2 is 1.39 bits per heavy atom. The van der Waals surface area contributed by atoms with E-state index in [4.69, 9.17) is 0 Å². The van der Waals surface area contributed by atoms with Gasteiger partial charge in [-0.25, -0.2) is 8.42 Å². The predicted molar refractivity (Wildman–Crippen MR) is 130 cm³/mol. The summed E-state index contributed by atoms with van der Waals surface area (Å²) in [5, 5.41) is 5.56. The second kappa shape index (κ2) is 9.87. The van der Waals surface area contributed by atoms with Crippen LogP contribution in [0.1, 0.15) is 40.1 Å².